The van der Waals surface area contributed by atoms with E-state index in [1.807, 2.05) is 18.7 Å². The number of nitrogens with one attached hydrogen (secondary N) is 1. The number of hydrogen-bond donors (Lipinski definition) is 1. The Morgan fingerprint density at radius 2 is 1.90 bits per heavy atom. The second-order valence-electron chi connectivity index (χ2n) is 7.39. The molecule has 0 bridgehead atoms. The van der Waals surface area contributed by atoms with E-state index in [-0.39, 0.29) is 45.9 Å². The molecule has 0 saturated carbocycles. The lowest BCUT2D eigenvalue weighted by Crippen LogP contribution is -2.50. The zero-order chi connectivity index (χ0) is 21.3. The van der Waals surface area contributed by atoms with Crippen molar-refractivity contribution in [3.8, 4) is 0 Å². The van der Waals surface area contributed by atoms with E-state index >= 15 is 0 Å². The number of rotatable bonds is 5. The highest BCUT2D eigenvalue weighted by Crippen LogP contribution is 2.40. The van der Waals surface area contributed by atoms with Gasteiger partial charge in [0.05, 0.1) is 27.9 Å². The first-order chi connectivity index (χ1) is 13.6. The van der Waals surface area contributed by atoms with Crippen LogP contribution in [-0.2, 0) is 11.0 Å². The number of anilines is 1. The number of alkyl halides is 3. The lowest BCUT2D eigenvalue weighted by Gasteiger charge is -2.35. The highest BCUT2D eigenvalue weighted by molar-refractivity contribution is 7.17. The molecular weight excluding hydrogens is 405 g/mol. The van der Waals surface area contributed by atoms with E-state index in [1.54, 1.807) is 4.90 Å². The molecule has 0 radical (unpaired) electrons. The molecule has 0 aromatic carbocycles. The number of hydrogen-bond acceptors (Lipinski definition) is 6. The number of carbonyl (C=O) groups excluding carboxylic acids is 2. The quantitative estimate of drug-likeness (QED) is 0.742. The van der Waals surface area contributed by atoms with Gasteiger partial charge in [-0.1, -0.05) is 0 Å². The summed E-state index contributed by atoms with van der Waals surface area (Å²) >= 11 is 0.889. The van der Waals surface area contributed by atoms with Gasteiger partial charge in [-0.05, 0) is 26.8 Å². The van der Waals surface area contributed by atoms with Crippen LogP contribution in [0.5, 0.6) is 0 Å². The van der Waals surface area contributed by atoms with Crippen LogP contribution >= 0.6 is 11.3 Å². The monoisotopic (exact) mass is 428 g/mol. The van der Waals surface area contributed by atoms with Crippen molar-refractivity contribution in [2.24, 2.45) is 0 Å². The molecule has 3 rings (SSSR count). The molecule has 1 amide bonds. The van der Waals surface area contributed by atoms with Gasteiger partial charge < -0.3 is 10.2 Å². The van der Waals surface area contributed by atoms with Gasteiger partial charge in [0.15, 0.2) is 5.78 Å². The van der Waals surface area contributed by atoms with Gasteiger partial charge >= 0.3 is 6.18 Å². The Hall–Kier alpha value is -2.20. The van der Waals surface area contributed by atoms with Crippen molar-refractivity contribution in [1.82, 2.24) is 15.2 Å². The van der Waals surface area contributed by atoms with Crippen LogP contribution in [0.15, 0.2) is 11.4 Å². The van der Waals surface area contributed by atoms with Gasteiger partial charge in [0.2, 0.25) is 5.91 Å². The fourth-order valence-corrected chi connectivity index (χ4v) is 4.41. The molecule has 0 unspecified atom stereocenters. The Labute approximate surface area is 170 Å². The van der Waals surface area contributed by atoms with Gasteiger partial charge in [0.1, 0.15) is 5.82 Å². The van der Waals surface area contributed by atoms with Gasteiger partial charge in [-0.25, -0.2) is 4.98 Å². The standard InChI is InChI=1S/C19H23F3N4O2S/c1-11(2)23-16(28)9-25-4-6-26(7-5-25)15-8-14(19(20,21)22)18-17(24-15)13(10-29-18)12(3)27/h8,10-11H,4-7,9H2,1-3H3,(H,23,28). The van der Waals surface area contributed by atoms with Crippen LogP contribution < -0.4 is 10.2 Å². The number of aromatic nitrogens is 1. The summed E-state index contributed by atoms with van der Waals surface area (Å²) in [7, 11) is 0. The first-order valence-electron chi connectivity index (χ1n) is 9.33. The van der Waals surface area contributed by atoms with Crippen LogP contribution in [-0.4, -0.2) is 60.3 Å². The molecule has 2 aromatic heterocycles. The predicted molar refractivity (Wildman–Crippen MR) is 107 cm³/mol. The largest absolute Gasteiger partial charge is 0.417 e. The van der Waals surface area contributed by atoms with Gasteiger partial charge in [-0.3, -0.25) is 14.5 Å². The Morgan fingerprint density at radius 3 is 2.45 bits per heavy atom. The van der Waals surface area contributed by atoms with Gasteiger partial charge in [0.25, 0.3) is 0 Å². The topological polar surface area (TPSA) is 65.5 Å². The molecule has 1 fully saturated rings. The molecule has 1 saturated heterocycles. The van der Waals surface area contributed by atoms with Crippen LogP contribution in [0.2, 0.25) is 0 Å². The van der Waals surface area contributed by atoms with E-state index in [4.69, 9.17) is 0 Å². The number of halogens is 3. The number of ketones is 1. The molecule has 0 spiro atoms. The normalized spacial score (nSPS) is 15.9. The fourth-order valence-electron chi connectivity index (χ4n) is 3.32. The van der Waals surface area contributed by atoms with E-state index in [2.05, 4.69) is 10.3 Å². The van der Waals surface area contributed by atoms with Gasteiger partial charge in [-0.2, -0.15) is 13.2 Å². The molecule has 1 aliphatic heterocycles. The van der Waals surface area contributed by atoms with Crippen molar-refractivity contribution < 1.29 is 22.8 Å². The average molecular weight is 428 g/mol. The lowest BCUT2D eigenvalue weighted by molar-refractivity contribution is -0.136. The zero-order valence-corrected chi connectivity index (χ0v) is 17.3. The summed E-state index contributed by atoms with van der Waals surface area (Å²) in [5, 5.41) is 4.26. The van der Waals surface area contributed by atoms with E-state index in [0.717, 1.165) is 17.4 Å². The second kappa shape index (κ2) is 8.27. The van der Waals surface area contributed by atoms with Crippen LogP contribution in [0.4, 0.5) is 19.0 Å². The number of nitrogens with zero attached hydrogens (tertiary/aromatic N) is 3. The Balaban J connectivity index is 1.83. The third-order valence-corrected chi connectivity index (χ3v) is 5.71. The number of pyridine rings is 1. The van der Waals surface area contributed by atoms with Crippen molar-refractivity contribution >= 4 is 39.1 Å². The van der Waals surface area contributed by atoms with E-state index < -0.39 is 11.7 Å². The summed E-state index contributed by atoms with van der Waals surface area (Å²) in [6.07, 6.45) is -4.54. The van der Waals surface area contributed by atoms with E-state index in [9.17, 15) is 22.8 Å². The van der Waals surface area contributed by atoms with E-state index in [1.165, 1.54) is 12.3 Å². The molecule has 29 heavy (non-hydrogen) atoms. The summed E-state index contributed by atoms with van der Waals surface area (Å²) in [6, 6.07) is 1.12. The number of carbonyl (C=O) groups is 2. The van der Waals surface area contributed by atoms with Crippen molar-refractivity contribution in [1.29, 1.82) is 0 Å². The molecule has 0 aliphatic carbocycles. The molecule has 2 aromatic rings. The summed E-state index contributed by atoms with van der Waals surface area (Å²) < 4.78 is 40.8. The maximum Gasteiger partial charge on any atom is 0.417 e. The zero-order valence-electron chi connectivity index (χ0n) is 16.5. The van der Waals surface area contributed by atoms with Crippen LogP contribution in [0.25, 0.3) is 10.2 Å². The van der Waals surface area contributed by atoms with Crippen molar-refractivity contribution in [3.05, 3.63) is 22.6 Å². The maximum atomic E-state index is 13.6. The summed E-state index contributed by atoms with van der Waals surface area (Å²) in [5.41, 5.74) is -0.457. The maximum absolute atomic E-state index is 13.6. The third-order valence-electron chi connectivity index (χ3n) is 4.71. The SMILES string of the molecule is CC(=O)c1csc2c(C(F)(F)F)cc(N3CCN(CC(=O)NC(C)C)CC3)nc12. The van der Waals surface area contributed by atoms with E-state index in [0.29, 0.717) is 26.2 Å². The lowest BCUT2D eigenvalue weighted by atomic mass is 10.1. The van der Waals surface area contributed by atoms with Crippen LogP contribution in [0.1, 0.15) is 36.7 Å². The summed E-state index contributed by atoms with van der Waals surface area (Å²) in [4.78, 5) is 31.9. The fraction of sp³-hybridized carbons (Fsp3) is 0.526. The Kier molecular flexibility index (Phi) is 6.13. The number of thiophene rings is 1. The molecule has 158 valence electrons. The van der Waals surface area contributed by atoms with Crippen LogP contribution in [0, 0.1) is 0 Å². The van der Waals surface area contributed by atoms with Crippen molar-refractivity contribution in [3.63, 3.8) is 0 Å². The minimum atomic E-state index is -4.54. The highest BCUT2D eigenvalue weighted by Gasteiger charge is 2.36. The second-order valence-corrected chi connectivity index (χ2v) is 8.27. The average Bonchev–Trinajstić information content (AvgIpc) is 3.04. The third kappa shape index (κ3) is 4.87. The molecular formula is C19H23F3N4O2S. The minimum absolute atomic E-state index is 0.0181. The predicted octanol–water partition coefficient (Wildman–Crippen LogP) is 3.16. The number of fused-ring (bicyclic) bond motifs is 1. The number of piperazine rings is 1. The number of amides is 1. The number of Topliss-reactive ketones (excluding diaryl/α,β-unsaturated/α-hetero) is 1. The highest BCUT2D eigenvalue weighted by atomic mass is 32.1. The molecule has 1 aliphatic rings. The molecule has 0 atom stereocenters. The smallest absolute Gasteiger partial charge is 0.354 e. The van der Waals surface area contributed by atoms with Crippen molar-refractivity contribution in [2.75, 3.05) is 37.6 Å². The molecule has 6 nitrogen and oxygen atoms in total. The molecule has 1 N–H and O–H groups in total. The Morgan fingerprint density at radius 1 is 1.24 bits per heavy atom. The first-order valence-corrected chi connectivity index (χ1v) is 10.2. The van der Waals surface area contributed by atoms with Crippen molar-refractivity contribution in [2.45, 2.75) is 33.0 Å². The Bertz CT molecular complexity index is 918. The summed E-state index contributed by atoms with van der Waals surface area (Å²) in [5.74, 6) is -0.177. The van der Waals surface area contributed by atoms with Gasteiger partial charge in [-0.15, -0.1) is 11.3 Å². The first kappa shape index (κ1) is 21.5. The molecule has 3 heterocycles. The molecule has 10 heteroatoms. The van der Waals surface area contributed by atoms with Gasteiger partial charge in [0, 0.05) is 37.6 Å². The minimum Gasteiger partial charge on any atom is -0.354 e. The van der Waals surface area contributed by atoms with Crippen LogP contribution in [0.3, 0.4) is 0 Å². The summed E-state index contributed by atoms with van der Waals surface area (Å²) in [6.45, 7) is 7.32.